The lowest BCUT2D eigenvalue weighted by atomic mass is 9.80. The highest BCUT2D eigenvalue weighted by Crippen LogP contribution is 2.39. The molecule has 0 aliphatic heterocycles. The van der Waals surface area contributed by atoms with E-state index in [4.69, 9.17) is 27.9 Å². The minimum atomic E-state index is -0.391. The molecule has 4 nitrogen and oxygen atoms in total. The number of halogens is 2. The number of ether oxygens (including phenoxy) is 1. The van der Waals surface area contributed by atoms with Crippen LogP contribution < -0.4 is 0 Å². The highest BCUT2D eigenvalue weighted by atomic mass is 35.5. The van der Waals surface area contributed by atoms with E-state index in [1.807, 2.05) is 0 Å². The molecule has 0 amide bonds. The second-order valence-corrected chi connectivity index (χ2v) is 6.09. The lowest BCUT2D eigenvalue weighted by Crippen LogP contribution is -2.18. The molecule has 0 radical (unpaired) electrons. The average Bonchev–Trinajstić information content (AvgIpc) is 2.81. The van der Waals surface area contributed by atoms with Crippen molar-refractivity contribution in [2.24, 2.45) is 0 Å². The van der Waals surface area contributed by atoms with Gasteiger partial charge in [0.1, 0.15) is 5.69 Å². The number of carbonyl (C=O) groups is 1. The molecule has 0 atom stereocenters. The van der Waals surface area contributed by atoms with Gasteiger partial charge in [0.2, 0.25) is 0 Å². The van der Waals surface area contributed by atoms with Gasteiger partial charge < -0.3 is 4.74 Å². The number of aromatic nitrogens is 2. The highest BCUT2D eigenvalue weighted by Gasteiger charge is 2.30. The molecule has 1 fully saturated rings. The number of nitrogens with zero attached hydrogens (tertiary/aromatic N) is 2. The van der Waals surface area contributed by atoms with Gasteiger partial charge in [-0.25, -0.2) is 9.48 Å². The zero-order valence-electron chi connectivity index (χ0n) is 12.2. The van der Waals surface area contributed by atoms with E-state index in [9.17, 15) is 4.79 Å². The van der Waals surface area contributed by atoms with E-state index in [-0.39, 0.29) is 0 Å². The Hall–Kier alpha value is -1.52. The van der Waals surface area contributed by atoms with Gasteiger partial charge in [0.15, 0.2) is 5.69 Å². The zero-order valence-corrected chi connectivity index (χ0v) is 13.7. The highest BCUT2D eigenvalue weighted by molar-refractivity contribution is 6.37. The van der Waals surface area contributed by atoms with Gasteiger partial charge in [-0.15, -0.1) is 0 Å². The fraction of sp³-hybridized carbons (Fsp3) is 0.375. The monoisotopic (exact) mass is 338 g/mol. The van der Waals surface area contributed by atoms with Crippen molar-refractivity contribution in [3.63, 3.8) is 0 Å². The molecular formula is C16H16Cl2N2O2. The van der Waals surface area contributed by atoms with Crippen molar-refractivity contribution in [3.05, 3.63) is 45.7 Å². The number of hydrogen-bond acceptors (Lipinski definition) is 3. The maximum absolute atomic E-state index is 12.4. The molecule has 3 rings (SSSR count). The summed E-state index contributed by atoms with van der Waals surface area (Å²) in [7, 11) is 0. The molecule has 0 unspecified atom stereocenters. The fourth-order valence-electron chi connectivity index (χ4n) is 2.64. The van der Waals surface area contributed by atoms with Crippen LogP contribution in [0.25, 0.3) is 5.69 Å². The molecular weight excluding hydrogens is 323 g/mol. The van der Waals surface area contributed by atoms with E-state index in [0.29, 0.717) is 34.0 Å². The third-order valence-corrected chi connectivity index (χ3v) is 4.57. The SMILES string of the molecule is CCOC(=O)c1c(C2CCC2)cnn1-c1c(Cl)cccc1Cl. The van der Waals surface area contributed by atoms with Crippen molar-refractivity contribution in [3.8, 4) is 5.69 Å². The Balaban J connectivity index is 2.15. The second-order valence-electron chi connectivity index (χ2n) is 5.28. The first-order valence-electron chi connectivity index (χ1n) is 7.33. The van der Waals surface area contributed by atoms with Gasteiger partial charge in [-0.2, -0.15) is 5.10 Å². The van der Waals surface area contributed by atoms with Crippen LogP contribution >= 0.6 is 23.2 Å². The van der Waals surface area contributed by atoms with E-state index < -0.39 is 5.97 Å². The lowest BCUT2D eigenvalue weighted by Gasteiger charge is -2.25. The summed E-state index contributed by atoms with van der Waals surface area (Å²) in [6, 6.07) is 5.21. The van der Waals surface area contributed by atoms with E-state index >= 15 is 0 Å². The topological polar surface area (TPSA) is 44.1 Å². The largest absolute Gasteiger partial charge is 0.461 e. The summed E-state index contributed by atoms with van der Waals surface area (Å²) in [5.74, 6) is -0.0349. The number of benzene rings is 1. The summed E-state index contributed by atoms with van der Waals surface area (Å²) in [5, 5.41) is 5.25. The summed E-state index contributed by atoms with van der Waals surface area (Å²) in [4.78, 5) is 12.4. The third-order valence-electron chi connectivity index (χ3n) is 3.96. The average molecular weight is 339 g/mol. The van der Waals surface area contributed by atoms with Gasteiger partial charge >= 0.3 is 5.97 Å². The van der Waals surface area contributed by atoms with Gasteiger partial charge in [-0.05, 0) is 37.8 Å². The number of hydrogen-bond donors (Lipinski definition) is 0. The first-order valence-corrected chi connectivity index (χ1v) is 8.08. The molecule has 1 saturated carbocycles. The number of carbonyl (C=O) groups excluding carboxylic acids is 1. The predicted octanol–water partition coefficient (Wildman–Crippen LogP) is 4.62. The Morgan fingerprint density at radius 3 is 2.59 bits per heavy atom. The predicted molar refractivity (Wildman–Crippen MR) is 86.1 cm³/mol. The van der Waals surface area contributed by atoms with Gasteiger partial charge in [0.05, 0.1) is 22.8 Å². The summed E-state index contributed by atoms with van der Waals surface area (Å²) < 4.78 is 6.71. The molecule has 1 aliphatic rings. The van der Waals surface area contributed by atoms with Crippen LogP contribution in [0.5, 0.6) is 0 Å². The maximum Gasteiger partial charge on any atom is 0.357 e. The summed E-state index contributed by atoms with van der Waals surface area (Å²) in [6.07, 6.45) is 5.03. The smallest absolute Gasteiger partial charge is 0.357 e. The first kappa shape index (κ1) is 15.4. The Kier molecular flexibility index (Phi) is 4.41. The van der Waals surface area contributed by atoms with Gasteiger partial charge in [0.25, 0.3) is 0 Å². The van der Waals surface area contributed by atoms with Crippen molar-refractivity contribution < 1.29 is 9.53 Å². The van der Waals surface area contributed by atoms with Crippen molar-refractivity contribution in [1.29, 1.82) is 0 Å². The summed E-state index contributed by atoms with van der Waals surface area (Å²) in [6.45, 7) is 2.09. The number of rotatable bonds is 4. The number of para-hydroxylation sites is 1. The Morgan fingerprint density at radius 1 is 1.36 bits per heavy atom. The first-order chi connectivity index (χ1) is 10.6. The van der Waals surface area contributed by atoms with Crippen molar-refractivity contribution in [2.45, 2.75) is 32.1 Å². The van der Waals surface area contributed by atoms with Crippen molar-refractivity contribution in [2.75, 3.05) is 6.61 Å². The quantitative estimate of drug-likeness (QED) is 0.763. The van der Waals surface area contributed by atoms with Gasteiger partial charge in [-0.3, -0.25) is 0 Å². The van der Waals surface area contributed by atoms with Crippen LogP contribution in [0.3, 0.4) is 0 Å². The van der Waals surface area contributed by atoms with Gasteiger partial charge in [-0.1, -0.05) is 35.7 Å². The minimum Gasteiger partial charge on any atom is -0.461 e. The van der Waals surface area contributed by atoms with E-state index in [1.54, 1.807) is 31.3 Å². The molecule has 1 aromatic heterocycles. The summed E-state index contributed by atoms with van der Waals surface area (Å²) >= 11 is 12.5. The molecule has 0 N–H and O–H groups in total. The van der Waals surface area contributed by atoms with Crippen LogP contribution in [0.1, 0.15) is 48.2 Å². The maximum atomic E-state index is 12.4. The lowest BCUT2D eigenvalue weighted by molar-refractivity contribution is 0.0513. The molecule has 116 valence electrons. The van der Waals surface area contributed by atoms with Crippen LogP contribution in [-0.4, -0.2) is 22.4 Å². The van der Waals surface area contributed by atoms with Crippen LogP contribution in [0.4, 0.5) is 0 Å². The number of esters is 1. The molecule has 22 heavy (non-hydrogen) atoms. The molecule has 1 aliphatic carbocycles. The standard InChI is InChI=1S/C16H16Cl2N2O2/c1-2-22-16(21)14-11(10-5-3-6-10)9-19-20(14)15-12(17)7-4-8-13(15)18/h4,7-10H,2-3,5-6H2,1H3. The fourth-order valence-corrected chi connectivity index (χ4v) is 3.20. The Bertz CT molecular complexity index is 688. The van der Waals surface area contributed by atoms with Gasteiger partial charge in [0, 0.05) is 5.56 Å². The molecule has 0 spiro atoms. The second kappa shape index (κ2) is 6.31. The van der Waals surface area contributed by atoms with E-state index in [1.165, 1.54) is 11.1 Å². The van der Waals surface area contributed by atoms with Crippen LogP contribution in [0.15, 0.2) is 24.4 Å². The van der Waals surface area contributed by atoms with Crippen LogP contribution in [0.2, 0.25) is 10.0 Å². The molecule has 0 saturated heterocycles. The van der Waals surface area contributed by atoms with E-state index in [2.05, 4.69) is 5.10 Å². The Labute approximate surface area is 139 Å². The van der Waals surface area contributed by atoms with Crippen LogP contribution in [0, 0.1) is 0 Å². The minimum absolute atomic E-state index is 0.310. The Morgan fingerprint density at radius 2 is 2.05 bits per heavy atom. The van der Waals surface area contributed by atoms with Crippen LogP contribution in [-0.2, 0) is 4.74 Å². The molecule has 2 aromatic rings. The van der Waals surface area contributed by atoms with Crippen molar-refractivity contribution >= 4 is 29.2 Å². The summed E-state index contributed by atoms with van der Waals surface area (Å²) in [5.41, 5.74) is 1.86. The zero-order chi connectivity index (χ0) is 15.7. The van der Waals surface area contributed by atoms with Crippen molar-refractivity contribution in [1.82, 2.24) is 9.78 Å². The van der Waals surface area contributed by atoms with E-state index in [0.717, 1.165) is 18.4 Å². The normalized spacial score (nSPS) is 14.7. The molecule has 1 heterocycles. The third kappa shape index (κ3) is 2.61. The molecule has 0 bridgehead atoms. The molecule has 1 aromatic carbocycles. The molecule has 6 heteroatoms.